The van der Waals surface area contributed by atoms with Gasteiger partial charge in [-0.2, -0.15) is 0 Å². The number of carbonyl (C=O) groups is 1. The van der Waals surface area contributed by atoms with Crippen LogP contribution in [0.1, 0.15) is 24.7 Å². The minimum absolute atomic E-state index is 0.0919. The molecule has 0 aliphatic heterocycles. The van der Waals surface area contributed by atoms with E-state index in [1.807, 2.05) is 0 Å². The number of nitrogens with zero attached hydrogens (tertiary/aromatic N) is 2. The zero-order chi connectivity index (χ0) is 16.7. The summed E-state index contributed by atoms with van der Waals surface area (Å²) in [6.07, 6.45) is 4.08. The number of halogens is 2. The summed E-state index contributed by atoms with van der Waals surface area (Å²) >= 11 is 0. The highest BCUT2D eigenvalue weighted by Crippen LogP contribution is 2.40. The van der Waals surface area contributed by atoms with Gasteiger partial charge in [-0.3, -0.25) is 0 Å². The molecule has 6 nitrogen and oxygen atoms in total. The Hall–Kier alpha value is -2.90. The molecule has 0 radical (unpaired) electrons. The Morgan fingerprint density at radius 3 is 2.57 bits per heavy atom. The molecule has 3 rings (SSSR count). The maximum atomic E-state index is 13.6. The molecule has 1 aliphatic rings. The first kappa shape index (κ1) is 15.0. The van der Waals surface area contributed by atoms with Crippen molar-refractivity contribution < 1.29 is 18.7 Å². The first-order chi connectivity index (χ1) is 10.9. The van der Waals surface area contributed by atoms with Gasteiger partial charge in [-0.15, -0.1) is 0 Å². The van der Waals surface area contributed by atoms with Crippen molar-refractivity contribution in [1.29, 1.82) is 0 Å². The van der Waals surface area contributed by atoms with E-state index >= 15 is 0 Å². The fourth-order valence-electron chi connectivity index (χ4n) is 2.41. The smallest absolute Gasteiger partial charge is 0.351 e. The monoisotopic (exact) mass is 320 g/mol. The lowest BCUT2D eigenvalue weighted by Gasteiger charge is -2.08. The topological polar surface area (TPSA) is 107 Å². The number of nitrogens with two attached hydrogens (primary N) is 2. The Labute approximate surface area is 129 Å². The molecule has 2 aromatic rings. The Balaban J connectivity index is 2.22. The quantitative estimate of drug-likeness (QED) is 0.589. The van der Waals surface area contributed by atoms with Crippen LogP contribution in [0.4, 0.5) is 8.78 Å². The zero-order valence-corrected chi connectivity index (χ0v) is 12.0. The van der Waals surface area contributed by atoms with Crippen LogP contribution in [0.25, 0.3) is 16.6 Å². The summed E-state index contributed by atoms with van der Waals surface area (Å²) < 4.78 is 28.7. The van der Waals surface area contributed by atoms with Gasteiger partial charge in [-0.1, -0.05) is 0 Å². The second kappa shape index (κ2) is 5.38. The SMILES string of the molecule is N/C=C(\C=C(/N)C(=O)O)c1nc2cc(F)c(F)cc2n1C1CC1. The van der Waals surface area contributed by atoms with E-state index in [1.54, 1.807) is 4.57 Å². The van der Waals surface area contributed by atoms with Gasteiger partial charge >= 0.3 is 5.97 Å². The molecule has 1 aliphatic carbocycles. The Kier molecular flexibility index (Phi) is 3.51. The second-order valence-electron chi connectivity index (χ2n) is 5.32. The fourth-order valence-corrected chi connectivity index (χ4v) is 2.41. The van der Waals surface area contributed by atoms with Crippen molar-refractivity contribution in [3.05, 3.63) is 47.6 Å². The Bertz CT molecular complexity index is 866. The molecule has 0 saturated heterocycles. The van der Waals surface area contributed by atoms with Gasteiger partial charge in [0, 0.05) is 29.9 Å². The van der Waals surface area contributed by atoms with E-state index in [0.717, 1.165) is 25.0 Å². The van der Waals surface area contributed by atoms with Crippen molar-refractivity contribution >= 4 is 22.6 Å². The molecule has 0 unspecified atom stereocenters. The van der Waals surface area contributed by atoms with E-state index in [0.29, 0.717) is 11.3 Å². The van der Waals surface area contributed by atoms with Crippen molar-refractivity contribution in [3.8, 4) is 0 Å². The molecule has 1 heterocycles. The van der Waals surface area contributed by atoms with Crippen LogP contribution in [0.15, 0.2) is 30.1 Å². The normalized spacial score (nSPS) is 16.1. The number of fused-ring (bicyclic) bond motifs is 1. The lowest BCUT2D eigenvalue weighted by molar-refractivity contribution is -0.132. The molecule has 1 fully saturated rings. The van der Waals surface area contributed by atoms with Gasteiger partial charge in [-0.05, 0) is 18.9 Å². The summed E-state index contributed by atoms with van der Waals surface area (Å²) in [5.74, 6) is -2.93. The number of hydrogen-bond acceptors (Lipinski definition) is 4. The van der Waals surface area contributed by atoms with Gasteiger partial charge < -0.3 is 21.1 Å². The molecule has 1 aromatic carbocycles. The van der Waals surface area contributed by atoms with Gasteiger partial charge in [-0.25, -0.2) is 18.6 Å². The maximum absolute atomic E-state index is 13.6. The number of aromatic nitrogens is 2. The summed E-state index contributed by atoms with van der Waals surface area (Å²) in [4.78, 5) is 15.2. The molecule has 1 saturated carbocycles. The third kappa shape index (κ3) is 2.63. The molecule has 120 valence electrons. The largest absolute Gasteiger partial charge is 0.477 e. The summed E-state index contributed by atoms with van der Waals surface area (Å²) in [6, 6.07) is 2.18. The van der Waals surface area contributed by atoms with Crippen LogP contribution in [0.5, 0.6) is 0 Å². The van der Waals surface area contributed by atoms with Crippen molar-refractivity contribution in [2.75, 3.05) is 0 Å². The number of carboxylic acid groups (broad SMARTS) is 1. The minimum Gasteiger partial charge on any atom is -0.477 e. The number of imidazole rings is 1. The van der Waals surface area contributed by atoms with Crippen LogP contribution in [0.2, 0.25) is 0 Å². The summed E-state index contributed by atoms with van der Waals surface area (Å²) in [6.45, 7) is 0. The third-order valence-electron chi connectivity index (χ3n) is 3.64. The van der Waals surface area contributed by atoms with Crippen LogP contribution in [0.3, 0.4) is 0 Å². The predicted molar refractivity (Wildman–Crippen MR) is 80.0 cm³/mol. The Morgan fingerprint density at radius 1 is 1.35 bits per heavy atom. The molecule has 1 aromatic heterocycles. The zero-order valence-electron chi connectivity index (χ0n) is 12.0. The van der Waals surface area contributed by atoms with Crippen molar-refractivity contribution in [2.24, 2.45) is 11.5 Å². The van der Waals surface area contributed by atoms with Crippen molar-refractivity contribution in [2.45, 2.75) is 18.9 Å². The summed E-state index contributed by atoms with van der Waals surface area (Å²) in [5.41, 5.74) is 11.6. The van der Waals surface area contributed by atoms with Crippen LogP contribution >= 0.6 is 0 Å². The van der Waals surface area contributed by atoms with Crippen LogP contribution < -0.4 is 11.5 Å². The van der Waals surface area contributed by atoms with E-state index in [2.05, 4.69) is 4.98 Å². The second-order valence-corrected chi connectivity index (χ2v) is 5.32. The van der Waals surface area contributed by atoms with Crippen LogP contribution in [-0.4, -0.2) is 20.6 Å². The highest BCUT2D eigenvalue weighted by molar-refractivity contribution is 5.91. The molecule has 5 N–H and O–H groups in total. The van der Waals surface area contributed by atoms with E-state index in [4.69, 9.17) is 16.6 Å². The van der Waals surface area contributed by atoms with E-state index in [-0.39, 0.29) is 17.1 Å². The number of rotatable bonds is 4. The van der Waals surface area contributed by atoms with Crippen molar-refractivity contribution in [3.63, 3.8) is 0 Å². The molecule has 23 heavy (non-hydrogen) atoms. The number of benzene rings is 1. The predicted octanol–water partition coefficient (Wildman–Crippen LogP) is 1.88. The summed E-state index contributed by atoms with van der Waals surface area (Å²) in [7, 11) is 0. The fraction of sp³-hybridized carbons (Fsp3) is 0.200. The first-order valence-corrected chi connectivity index (χ1v) is 6.92. The molecule has 0 bridgehead atoms. The number of carboxylic acids is 1. The van der Waals surface area contributed by atoms with E-state index in [9.17, 15) is 13.6 Å². The van der Waals surface area contributed by atoms with Gasteiger partial charge in [0.2, 0.25) is 0 Å². The maximum Gasteiger partial charge on any atom is 0.351 e. The average Bonchev–Trinajstić information content (AvgIpc) is 3.27. The van der Waals surface area contributed by atoms with Gasteiger partial charge in [0.15, 0.2) is 11.6 Å². The van der Waals surface area contributed by atoms with E-state index in [1.165, 1.54) is 12.3 Å². The molecule has 0 amide bonds. The molecule has 0 spiro atoms. The lowest BCUT2D eigenvalue weighted by Crippen LogP contribution is -2.11. The highest BCUT2D eigenvalue weighted by Gasteiger charge is 2.29. The van der Waals surface area contributed by atoms with Gasteiger partial charge in [0.05, 0.1) is 11.0 Å². The molecule has 8 heteroatoms. The molecular weight excluding hydrogens is 306 g/mol. The minimum atomic E-state index is -1.30. The van der Waals surface area contributed by atoms with Crippen molar-refractivity contribution in [1.82, 2.24) is 9.55 Å². The number of hydrogen-bond donors (Lipinski definition) is 3. The van der Waals surface area contributed by atoms with Crippen LogP contribution in [0, 0.1) is 11.6 Å². The Morgan fingerprint density at radius 2 is 2.00 bits per heavy atom. The lowest BCUT2D eigenvalue weighted by atomic mass is 10.2. The summed E-state index contributed by atoms with van der Waals surface area (Å²) in [5, 5.41) is 8.89. The number of aliphatic carboxylic acids is 1. The van der Waals surface area contributed by atoms with E-state index < -0.39 is 23.3 Å². The standard InChI is InChI=1S/C15H14F2N4O2/c16-9-4-12-13(5-10(9)17)21(8-1-2-8)14(20-12)7(6-18)3-11(19)15(22)23/h3-6,8H,1-2,18-19H2,(H,22,23)/b7-6+,11-3-. The van der Waals surface area contributed by atoms with Gasteiger partial charge in [0.25, 0.3) is 0 Å². The highest BCUT2D eigenvalue weighted by atomic mass is 19.2. The number of allylic oxidation sites excluding steroid dienone is 2. The third-order valence-corrected chi connectivity index (χ3v) is 3.64. The first-order valence-electron chi connectivity index (χ1n) is 6.92. The van der Waals surface area contributed by atoms with Crippen LogP contribution in [-0.2, 0) is 4.79 Å². The average molecular weight is 320 g/mol. The molecule has 0 atom stereocenters. The molecular formula is C15H14F2N4O2. The van der Waals surface area contributed by atoms with Gasteiger partial charge in [0.1, 0.15) is 11.5 Å².